The van der Waals surface area contributed by atoms with Crippen molar-refractivity contribution in [3.63, 3.8) is 0 Å². The molecule has 1 aliphatic heterocycles. The van der Waals surface area contributed by atoms with Gasteiger partial charge in [0.1, 0.15) is 0 Å². The van der Waals surface area contributed by atoms with Gasteiger partial charge in [-0.25, -0.2) is 0 Å². The Kier molecular flexibility index (Phi) is 3.05. The summed E-state index contributed by atoms with van der Waals surface area (Å²) in [4.78, 5) is 14.0. The Hall–Kier alpha value is -1.31. The quantitative estimate of drug-likeness (QED) is 0.722. The third kappa shape index (κ3) is 2.38. The van der Waals surface area contributed by atoms with Gasteiger partial charge in [-0.3, -0.25) is 4.79 Å². The first-order chi connectivity index (χ1) is 7.27. The second kappa shape index (κ2) is 4.47. The number of amides is 1. The van der Waals surface area contributed by atoms with Crippen molar-refractivity contribution >= 4 is 5.91 Å². The molecular formula is C13H17NO. The lowest BCUT2D eigenvalue weighted by Gasteiger charge is -2.21. The van der Waals surface area contributed by atoms with Gasteiger partial charge in [0.2, 0.25) is 5.91 Å². The van der Waals surface area contributed by atoms with Crippen molar-refractivity contribution in [3.8, 4) is 0 Å². The molecule has 0 bridgehead atoms. The van der Waals surface area contributed by atoms with E-state index < -0.39 is 0 Å². The molecule has 2 rings (SSSR count). The van der Waals surface area contributed by atoms with Crippen molar-refractivity contribution in [3.05, 3.63) is 35.9 Å². The van der Waals surface area contributed by atoms with Crippen molar-refractivity contribution < 1.29 is 4.79 Å². The molecule has 0 radical (unpaired) electrons. The van der Waals surface area contributed by atoms with Crippen LogP contribution in [-0.2, 0) is 11.2 Å². The van der Waals surface area contributed by atoms with E-state index in [-0.39, 0.29) is 5.91 Å². The van der Waals surface area contributed by atoms with Gasteiger partial charge in [-0.15, -0.1) is 0 Å². The molecule has 2 heteroatoms. The third-order valence-electron chi connectivity index (χ3n) is 3.07. The summed E-state index contributed by atoms with van der Waals surface area (Å²) in [5, 5.41) is 0. The molecule has 80 valence electrons. The summed E-state index contributed by atoms with van der Waals surface area (Å²) >= 11 is 0. The number of benzene rings is 1. The first-order valence-electron chi connectivity index (χ1n) is 5.61. The zero-order chi connectivity index (χ0) is 10.7. The molecule has 1 aromatic carbocycles. The molecule has 1 aromatic rings. The summed E-state index contributed by atoms with van der Waals surface area (Å²) in [6, 6.07) is 10.4. The monoisotopic (exact) mass is 203 g/mol. The zero-order valence-electron chi connectivity index (χ0n) is 9.15. The molecule has 0 aliphatic carbocycles. The predicted molar refractivity (Wildman–Crippen MR) is 60.6 cm³/mol. The van der Waals surface area contributed by atoms with Gasteiger partial charge in [0, 0.05) is 12.6 Å². The molecule has 0 aromatic heterocycles. The van der Waals surface area contributed by atoms with Gasteiger partial charge in [0.15, 0.2) is 0 Å². The lowest BCUT2D eigenvalue weighted by Crippen LogP contribution is -2.34. The average molecular weight is 203 g/mol. The molecule has 1 aliphatic rings. The molecule has 2 nitrogen and oxygen atoms in total. The Balaban J connectivity index is 1.98. The minimum atomic E-state index is 0.270. The molecule has 1 heterocycles. The van der Waals surface area contributed by atoms with Crippen LogP contribution >= 0.6 is 0 Å². The van der Waals surface area contributed by atoms with Crippen molar-refractivity contribution in [2.75, 3.05) is 6.54 Å². The molecule has 1 atom stereocenters. The van der Waals surface area contributed by atoms with Crippen LogP contribution in [0, 0.1) is 0 Å². The van der Waals surface area contributed by atoms with Crippen LogP contribution < -0.4 is 0 Å². The molecule has 1 unspecified atom stereocenters. The predicted octanol–water partition coefficient (Wildman–Crippen LogP) is 2.24. The van der Waals surface area contributed by atoms with Crippen LogP contribution in [-0.4, -0.2) is 23.4 Å². The number of carbonyl (C=O) groups is 1. The van der Waals surface area contributed by atoms with E-state index in [1.807, 2.05) is 35.2 Å². The fourth-order valence-electron chi connectivity index (χ4n) is 2.18. The largest absolute Gasteiger partial charge is 0.340 e. The maximum Gasteiger partial charge on any atom is 0.227 e. The van der Waals surface area contributed by atoms with Gasteiger partial charge in [0.05, 0.1) is 6.42 Å². The highest BCUT2D eigenvalue weighted by atomic mass is 16.2. The number of rotatable bonds is 2. The molecule has 0 saturated carbocycles. The first-order valence-corrected chi connectivity index (χ1v) is 5.61. The summed E-state index contributed by atoms with van der Waals surface area (Å²) in [5.41, 5.74) is 1.11. The lowest BCUT2D eigenvalue weighted by molar-refractivity contribution is -0.130. The Labute approximate surface area is 90.9 Å². The second-order valence-electron chi connectivity index (χ2n) is 4.24. The number of nitrogens with zero attached hydrogens (tertiary/aromatic N) is 1. The third-order valence-corrected chi connectivity index (χ3v) is 3.07. The molecule has 1 fully saturated rings. The molecule has 1 saturated heterocycles. The van der Waals surface area contributed by atoms with E-state index in [2.05, 4.69) is 6.92 Å². The summed E-state index contributed by atoms with van der Waals surface area (Å²) in [6.07, 6.45) is 2.85. The van der Waals surface area contributed by atoms with E-state index >= 15 is 0 Å². The number of hydrogen-bond donors (Lipinski definition) is 0. The van der Waals surface area contributed by atoms with Gasteiger partial charge in [-0.2, -0.15) is 0 Å². The lowest BCUT2D eigenvalue weighted by atomic mass is 10.1. The van der Waals surface area contributed by atoms with E-state index in [1.165, 1.54) is 0 Å². The van der Waals surface area contributed by atoms with Crippen LogP contribution in [0.25, 0.3) is 0 Å². The minimum Gasteiger partial charge on any atom is -0.340 e. The van der Waals surface area contributed by atoms with E-state index in [4.69, 9.17) is 0 Å². The Morgan fingerprint density at radius 2 is 2.13 bits per heavy atom. The van der Waals surface area contributed by atoms with Crippen LogP contribution in [0.15, 0.2) is 30.3 Å². The van der Waals surface area contributed by atoms with Gasteiger partial charge in [-0.1, -0.05) is 30.3 Å². The SMILES string of the molecule is CC1CCCN1C(=O)Cc1ccccc1. The van der Waals surface area contributed by atoms with E-state index in [0.717, 1.165) is 24.9 Å². The Morgan fingerprint density at radius 3 is 2.73 bits per heavy atom. The molecule has 15 heavy (non-hydrogen) atoms. The topological polar surface area (TPSA) is 20.3 Å². The van der Waals surface area contributed by atoms with Crippen LogP contribution in [0.4, 0.5) is 0 Å². The van der Waals surface area contributed by atoms with Crippen molar-refractivity contribution in [2.24, 2.45) is 0 Å². The minimum absolute atomic E-state index is 0.270. The van der Waals surface area contributed by atoms with Crippen LogP contribution in [0.2, 0.25) is 0 Å². The Bertz CT molecular complexity index is 334. The molecular weight excluding hydrogens is 186 g/mol. The normalized spacial score (nSPS) is 20.6. The molecule has 0 N–H and O–H groups in total. The second-order valence-corrected chi connectivity index (χ2v) is 4.24. The van der Waals surface area contributed by atoms with Crippen LogP contribution in [0.3, 0.4) is 0 Å². The highest BCUT2D eigenvalue weighted by Crippen LogP contribution is 2.17. The smallest absolute Gasteiger partial charge is 0.227 e. The zero-order valence-corrected chi connectivity index (χ0v) is 9.15. The first kappa shape index (κ1) is 10.2. The van der Waals surface area contributed by atoms with Crippen LogP contribution in [0.5, 0.6) is 0 Å². The summed E-state index contributed by atoms with van der Waals surface area (Å²) in [6.45, 7) is 3.07. The maximum atomic E-state index is 12.0. The average Bonchev–Trinajstić information content (AvgIpc) is 2.66. The highest BCUT2D eigenvalue weighted by molar-refractivity contribution is 5.79. The number of likely N-dealkylation sites (tertiary alicyclic amines) is 1. The summed E-state index contributed by atoms with van der Waals surface area (Å²) in [5.74, 6) is 0.270. The highest BCUT2D eigenvalue weighted by Gasteiger charge is 2.24. The summed E-state index contributed by atoms with van der Waals surface area (Å²) < 4.78 is 0. The van der Waals surface area contributed by atoms with E-state index in [0.29, 0.717) is 12.5 Å². The maximum absolute atomic E-state index is 12.0. The van der Waals surface area contributed by atoms with Crippen molar-refractivity contribution in [2.45, 2.75) is 32.2 Å². The number of hydrogen-bond acceptors (Lipinski definition) is 1. The fourth-order valence-corrected chi connectivity index (χ4v) is 2.18. The van der Waals surface area contributed by atoms with Crippen LogP contribution in [0.1, 0.15) is 25.3 Å². The van der Waals surface area contributed by atoms with E-state index in [1.54, 1.807) is 0 Å². The molecule has 1 amide bonds. The Morgan fingerprint density at radius 1 is 1.40 bits per heavy atom. The fraction of sp³-hybridized carbons (Fsp3) is 0.462. The summed E-state index contributed by atoms with van der Waals surface area (Å²) in [7, 11) is 0. The van der Waals surface area contributed by atoms with Gasteiger partial charge in [0.25, 0.3) is 0 Å². The van der Waals surface area contributed by atoms with Gasteiger partial charge < -0.3 is 4.90 Å². The standard InChI is InChI=1S/C13H17NO/c1-11-6-5-9-14(11)13(15)10-12-7-3-2-4-8-12/h2-4,7-8,11H,5-6,9-10H2,1H3. The van der Waals surface area contributed by atoms with Gasteiger partial charge in [-0.05, 0) is 25.3 Å². The number of carbonyl (C=O) groups excluding carboxylic acids is 1. The van der Waals surface area contributed by atoms with E-state index in [9.17, 15) is 4.79 Å². The molecule has 0 spiro atoms. The van der Waals surface area contributed by atoms with Crippen molar-refractivity contribution in [1.82, 2.24) is 4.90 Å². The van der Waals surface area contributed by atoms with Gasteiger partial charge >= 0.3 is 0 Å². The van der Waals surface area contributed by atoms with Crippen molar-refractivity contribution in [1.29, 1.82) is 0 Å².